The number of hydrogen-bond donors (Lipinski definition) is 0. The van der Waals surface area contributed by atoms with Gasteiger partial charge in [-0.25, -0.2) is 4.98 Å². The zero-order valence-corrected chi connectivity index (χ0v) is 14.9. The molecule has 1 unspecified atom stereocenters. The Morgan fingerprint density at radius 1 is 1.27 bits per heavy atom. The Bertz CT molecular complexity index is 936. The fraction of sp³-hybridized carbons (Fsp3) is 0.350. The summed E-state index contributed by atoms with van der Waals surface area (Å²) in [6.07, 6.45) is -0.392. The third-order valence-electron chi connectivity index (χ3n) is 5.07. The van der Waals surface area contributed by atoms with Crippen LogP contribution in [0, 0.1) is 0 Å². The highest BCUT2D eigenvalue weighted by molar-refractivity contribution is 5.72. The SMILES string of the molecule is COc1ccc2c(c1)C(C)(CC(F)(F)c1nc3ccccc3o1)CN2C. The zero-order valence-electron chi connectivity index (χ0n) is 14.9. The van der Waals surface area contributed by atoms with Crippen molar-refractivity contribution in [1.29, 1.82) is 0 Å². The molecule has 4 nitrogen and oxygen atoms in total. The van der Waals surface area contributed by atoms with Gasteiger partial charge in [0.25, 0.3) is 5.89 Å². The molecule has 0 saturated heterocycles. The van der Waals surface area contributed by atoms with Gasteiger partial charge in [0.05, 0.1) is 7.11 Å². The van der Waals surface area contributed by atoms with Gasteiger partial charge in [0, 0.05) is 31.1 Å². The first-order valence-electron chi connectivity index (χ1n) is 8.46. The summed E-state index contributed by atoms with van der Waals surface area (Å²) >= 11 is 0. The van der Waals surface area contributed by atoms with Gasteiger partial charge in [-0.05, 0) is 35.9 Å². The summed E-state index contributed by atoms with van der Waals surface area (Å²) in [5.41, 5.74) is 1.87. The highest BCUT2D eigenvalue weighted by Gasteiger charge is 2.49. The van der Waals surface area contributed by atoms with Crippen LogP contribution in [0.4, 0.5) is 14.5 Å². The number of likely N-dealkylation sites (N-methyl/N-ethyl adjacent to an activating group) is 1. The lowest BCUT2D eigenvalue weighted by Gasteiger charge is -2.28. The van der Waals surface area contributed by atoms with Crippen molar-refractivity contribution in [2.24, 2.45) is 0 Å². The van der Waals surface area contributed by atoms with Crippen LogP contribution >= 0.6 is 0 Å². The number of ether oxygens (including phenoxy) is 1. The van der Waals surface area contributed by atoms with Crippen molar-refractivity contribution in [3.63, 3.8) is 0 Å². The number of nitrogens with zero attached hydrogens (tertiary/aromatic N) is 2. The van der Waals surface area contributed by atoms with E-state index in [4.69, 9.17) is 9.15 Å². The summed E-state index contributed by atoms with van der Waals surface area (Å²) in [5, 5.41) is 0. The number of oxazole rings is 1. The van der Waals surface area contributed by atoms with Crippen molar-refractivity contribution in [3.8, 4) is 5.75 Å². The Kier molecular flexibility index (Phi) is 3.68. The van der Waals surface area contributed by atoms with Gasteiger partial charge in [-0.15, -0.1) is 0 Å². The highest BCUT2D eigenvalue weighted by atomic mass is 19.3. The maximum atomic E-state index is 15.1. The number of halogens is 2. The van der Waals surface area contributed by atoms with E-state index < -0.39 is 23.6 Å². The van der Waals surface area contributed by atoms with E-state index in [1.165, 1.54) is 0 Å². The molecule has 0 radical (unpaired) electrons. The second-order valence-electron chi connectivity index (χ2n) is 7.17. The lowest BCUT2D eigenvalue weighted by molar-refractivity contribution is -0.0543. The van der Waals surface area contributed by atoms with Crippen LogP contribution in [0.3, 0.4) is 0 Å². The first-order chi connectivity index (χ1) is 12.3. The molecule has 136 valence electrons. The topological polar surface area (TPSA) is 38.5 Å². The first-order valence-corrected chi connectivity index (χ1v) is 8.46. The molecule has 0 saturated carbocycles. The summed E-state index contributed by atoms with van der Waals surface area (Å²) in [6.45, 7) is 2.34. The van der Waals surface area contributed by atoms with E-state index in [1.807, 2.05) is 37.1 Å². The Morgan fingerprint density at radius 2 is 2.04 bits per heavy atom. The van der Waals surface area contributed by atoms with Crippen LogP contribution in [0.5, 0.6) is 5.75 Å². The molecule has 3 aromatic rings. The molecule has 2 aromatic carbocycles. The van der Waals surface area contributed by atoms with E-state index in [9.17, 15) is 0 Å². The van der Waals surface area contributed by atoms with Crippen molar-refractivity contribution in [2.75, 3.05) is 25.6 Å². The largest absolute Gasteiger partial charge is 0.497 e. The normalized spacial score (nSPS) is 19.8. The lowest BCUT2D eigenvalue weighted by Crippen LogP contribution is -2.34. The minimum Gasteiger partial charge on any atom is -0.497 e. The lowest BCUT2D eigenvalue weighted by atomic mass is 9.79. The Morgan fingerprint density at radius 3 is 2.77 bits per heavy atom. The van der Waals surface area contributed by atoms with Gasteiger partial charge < -0.3 is 14.1 Å². The molecule has 1 aliphatic rings. The molecular formula is C20H20F2N2O2. The molecule has 0 bridgehead atoms. The first kappa shape index (κ1) is 16.8. The van der Waals surface area contributed by atoms with Crippen LogP contribution < -0.4 is 9.64 Å². The quantitative estimate of drug-likeness (QED) is 0.676. The molecule has 26 heavy (non-hydrogen) atoms. The number of anilines is 1. The number of hydrogen-bond acceptors (Lipinski definition) is 4. The predicted molar refractivity (Wildman–Crippen MR) is 96.1 cm³/mol. The molecule has 1 aliphatic heterocycles. The molecule has 2 heterocycles. The minimum absolute atomic E-state index is 0.373. The molecule has 0 fully saturated rings. The average Bonchev–Trinajstić information content (AvgIpc) is 3.14. The average molecular weight is 358 g/mol. The van der Waals surface area contributed by atoms with Crippen LogP contribution in [-0.2, 0) is 11.3 Å². The maximum absolute atomic E-state index is 15.1. The van der Waals surface area contributed by atoms with E-state index in [1.54, 1.807) is 31.4 Å². The number of benzene rings is 2. The molecule has 1 atom stereocenters. The van der Waals surface area contributed by atoms with Gasteiger partial charge >= 0.3 is 5.92 Å². The van der Waals surface area contributed by atoms with E-state index >= 15 is 8.78 Å². The summed E-state index contributed by atoms with van der Waals surface area (Å²) in [5.74, 6) is -3.05. The van der Waals surface area contributed by atoms with Gasteiger partial charge in [-0.2, -0.15) is 8.78 Å². The van der Waals surface area contributed by atoms with E-state index in [0.29, 0.717) is 23.4 Å². The van der Waals surface area contributed by atoms with Gasteiger partial charge in [0.15, 0.2) is 5.58 Å². The van der Waals surface area contributed by atoms with E-state index in [2.05, 4.69) is 4.98 Å². The van der Waals surface area contributed by atoms with Gasteiger partial charge in [0.2, 0.25) is 0 Å². The molecule has 0 N–H and O–H groups in total. The number of aromatic nitrogens is 1. The Labute approximate surface area is 150 Å². The van der Waals surface area contributed by atoms with Gasteiger partial charge in [0.1, 0.15) is 11.3 Å². The van der Waals surface area contributed by atoms with Crippen molar-refractivity contribution >= 4 is 16.8 Å². The van der Waals surface area contributed by atoms with E-state index in [-0.39, 0.29) is 0 Å². The molecule has 0 aliphatic carbocycles. The Balaban J connectivity index is 1.72. The predicted octanol–water partition coefficient (Wildman–Crippen LogP) is 4.73. The monoisotopic (exact) mass is 358 g/mol. The third kappa shape index (κ3) is 2.60. The van der Waals surface area contributed by atoms with Gasteiger partial charge in [-0.3, -0.25) is 0 Å². The van der Waals surface area contributed by atoms with Crippen LogP contribution in [-0.4, -0.2) is 25.7 Å². The number of fused-ring (bicyclic) bond motifs is 2. The van der Waals surface area contributed by atoms with Gasteiger partial charge in [-0.1, -0.05) is 19.1 Å². The van der Waals surface area contributed by atoms with Crippen LogP contribution in [0.15, 0.2) is 46.9 Å². The third-order valence-corrected chi connectivity index (χ3v) is 5.07. The zero-order chi connectivity index (χ0) is 18.5. The standard InChI is InChI=1S/C20H20F2N2O2/c1-19(12-24(2)16-9-8-13(25-3)10-14(16)19)11-20(21,22)18-23-15-6-4-5-7-17(15)26-18/h4-10H,11-12H2,1-3H3. The fourth-order valence-corrected chi connectivity index (χ4v) is 3.90. The van der Waals surface area contributed by atoms with Crippen molar-refractivity contribution in [1.82, 2.24) is 4.98 Å². The summed E-state index contributed by atoms with van der Waals surface area (Å²) in [7, 11) is 3.48. The second kappa shape index (κ2) is 5.69. The second-order valence-corrected chi connectivity index (χ2v) is 7.17. The van der Waals surface area contributed by atoms with Crippen molar-refractivity contribution < 1.29 is 17.9 Å². The minimum atomic E-state index is -3.18. The molecule has 0 amide bonds. The number of para-hydroxylation sites is 2. The van der Waals surface area contributed by atoms with Crippen molar-refractivity contribution in [2.45, 2.75) is 24.7 Å². The van der Waals surface area contributed by atoms with Crippen LogP contribution in [0.1, 0.15) is 24.8 Å². The smallest absolute Gasteiger partial charge is 0.323 e. The summed E-state index contributed by atoms with van der Waals surface area (Å²) in [4.78, 5) is 6.01. The van der Waals surface area contributed by atoms with E-state index in [0.717, 1.165) is 11.3 Å². The molecule has 4 rings (SSSR count). The maximum Gasteiger partial charge on any atom is 0.323 e. The molecule has 0 spiro atoms. The summed E-state index contributed by atoms with van der Waals surface area (Å²) in [6, 6.07) is 12.4. The molecule has 6 heteroatoms. The number of rotatable bonds is 4. The number of methoxy groups -OCH3 is 1. The summed E-state index contributed by atoms with van der Waals surface area (Å²) < 4.78 is 40.8. The van der Waals surface area contributed by atoms with Crippen molar-refractivity contribution in [3.05, 3.63) is 53.9 Å². The molecule has 1 aromatic heterocycles. The fourth-order valence-electron chi connectivity index (χ4n) is 3.90. The molecular weight excluding hydrogens is 338 g/mol. The van der Waals surface area contributed by atoms with Crippen LogP contribution in [0.25, 0.3) is 11.1 Å². The number of alkyl halides is 2. The van der Waals surface area contributed by atoms with Crippen LogP contribution in [0.2, 0.25) is 0 Å². The highest BCUT2D eigenvalue weighted by Crippen LogP contribution is 2.49. The Hall–Kier alpha value is -2.63.